The van der Waals surface area contributed by atoms with Gasteiger partial charge < -0.3 is 5.32 Å². The van der Waals surface area contributed by atoms with Crippen molar-refractivity contribution in [3.05, 3.63) is 11.6 Å². The average Bonchev–Trinajstić information content (AvgIpc) is 3.04. The molecule has 0 amide bonds. The maximum Gasteiger partial charge on any atom is 0.154 e. The molecule has 0 spiro atoms. The van der Waals surface area contributed by atoms with Gasteiger partial charge in [0.2, 0.25) is 0 Å². The second-order valence-corrected chi connectivity index (χ2v) is 4.75. The molecule has 82 valence electrons. The zero-order valence-corrected chi connectivity index (χ0v) is 9.24. The predicted octanol–water partition coefficient (Wildman–Crippen LogP) is 1.16. The molecule has 0 bridgehead atoms. The van der Waals surface area contributed by atoms with Gasteiger partial charge >= 0.3 is 0 Å². The highest BCUT2D eigenvalue weighted by atomic mass is 15.3. The van der Waals surface area contributed by atoms with E-state index in [1.54, 1.807) is 0 Å². The van der Waals surface area contributed by atoms with Gasteiger partial charge in [-0.25, -0.2) is 4.98 Å². The van der Waals surface area contributed by atoms with E-state index in [1.165, 1.54) is 31.5 Å². The van der Waals surface area contributed by atoms with E-state index in [4.69, 9.17) is 4.98 Å². The Kier molecular flexibility index (Phi) is 2.24. The molecule has 3 rings (SSSR count). The fourth-order valence-corrected chi connectivity index (χ4v) is 2.37. The van der Waals surface area contributed by atoms with Crippen LogP contribution in [0, 0.1) is 0 Å². The molecule has 2 heterocycles. The van der Waals surface area contributed by atoms with E-state index < -0.39 is 0 Å². The van der Waals surface area contributed by atoms with Crippen LogP contribution >= 0.6 is 0 Å². The molecule has 4 nitrogen and oxygen atoms in total. The van der Waals surface area contributed by atoms with Crippen LogP contribution in [0.4, 0.5) is 0 Å². The minimum Gasteiger partial charge on any atom is -0.317 e. The number of aryl methyl sites for hydroxylation is 1. The molecule has 1 saturated heterocycles. The van der Waals surface area contributed by atoms with Crippen LogP contribution in [0.3, 0.4) is 0 Å². The number of aromatic nitrogens is 3. The van der Waals surface area contributed by atoms with E-state index in [2.05, 4.69) is 10.4 Å². The van der Waals surface area contributed by atoms with Gasteiger partial charge in [-0.3, -0.25) is 4.68 Å². The lowest BCUT2D eigenvalue weighted by Gasteiger charge is -2.19. The first kappa shape index (κ1) is 9.33. The highest BCUT2D eigenvalue weighted by molar-refractivity contribution is 5.09. The van der Waals surface area contributed by atoms with Gasteiger partial charge in [-0.1, -0.05) is 0 Å². The Morgan fingerprint density at radius 1 is 1.13 bits per heavy atom. The van der Waals surface area contributed by atoms with E-state index in [0.717, 1.165) is 18.9 Å². The number of piperidine rings is 1. The summed E-state index contributed by atoms with van der Waals surface area (Å²) in [5.41, 5.74) is 0. The molecule has 0 atom stereocenters. The minimum absolute atomic E-state index is 0.588. The standard InChI is InChI=1S/C11H18N4/c1-15-11(9-2-3-9)13-10(14-15)8-4-6-12-7-5-8/h8-9,12H,2-7H2,1H3. The summed E-state index contributed by atoms with van der Waals surface area (Å²) in [6.07, 6.45) is 4.98. The molecule has 2 fully saturated rings. The first-order chi connectivity index (χ1) is 7.34. The van der Waals surface area contributed by atoms with Crippen LogP contribution in [0.1, 0.15) is 49.2 Å². The van der Waals surface area contributed by atoms with Crippen LogP contribution in [0.25, 0.3) is 0 Å². The fourth-order valence-electron chi connectivity index (χ4n) is 2.37. The summed E-state index contributed by atoms with van der Waals surface area (Å²) < 4.78 is 2.00. The van der Waals surface area contributed by atoms with Crippen molar-refractivity contribution < 1.29 is 0 Å². The Labute approximate surface area is 90.1 Å². The van der Waals surface area contributed by atoms with Crippen molar-refractivity contribution in [3.63, 3.8) is 0 Å². The lowest BCUT2D eigenvalue weighted by Crippen LogP contribution is -2.27. The molecule has 0 aromatic carbocycles. The molecular weight excluding hydrogens is 188 g/mol. The molecule has 4 heteroatoms. The fraction of sp³-hybridized carbons (Fsp3) is 0.818. The van der Waals surface area contributed by atoms with Gasteiger partial charge in [0.25, 0.3) is 0 Å². The quantitative estimate of drug-likeness (QED) is 0.789. The third-order valence-corrected chi connectivity index (χ3v) is 3.46. The van der Waals surface area contributed by atoms with Crippen LogP contribution in [0.15, 0.2) is 0 Å². The van der Waals surface area contributed by atoms with E-state index in [-0.39, 0.29) is 0 Å². The van der Waals surface area contributed by atoms with Crippen LogP contribution in [-0.4, -0.2) is 27.9 Å². The van der Waals surface area contributed by atoms with E-state index in [9.17, 15) is 0 Å². The van der Waals surface area contributed by atoms with Gasteiger partial charge in [0.15, 0.2) is 5.82 Å². The molecule has 15 heavy (non-hydrogen) atoms. The Balaban J connectivity index is 1.81. The highest BCUT2D eigenvalue weighted by Gasteiger charge is 2.30. The van der Waals surface area contributed by atoms with E-state index >= 15 is 0 Å². The van der Waals surface area contributed by atoms with Crippen molar-refractivity contribution in [3.8, 4) is 0 Å². The predicted molar refractivity (Wildman–Crippen MR) is 57.8 cm³/mol. The monoisotopic (exact) mass is 206 g/mol. The SMILES string of the molecule is Cn1nc(C2CCNCC2)nc1C1CC1. The van der Waals surface area contributed by atoms with Crippen molar-refractivity contribution in [2.45, 2.75) is 37.5 Å². The molecule has 1 saturated carbocycles. The number of nitrogens with one attached hydrogen (secondary N) is 1. The van der Waals surface area contributed by atoms with Gasteiger partial charge in [0.1, 0.15) is 5.82 Å². The topological polar surface area (TPSA) is 42.7 Å². The Morgan fingerprint density at radius 3 is 2.53 bits per heavy atom. The van der Waals surface area contributed by atoms with Gasteiger partial charge in [-0.2, -0.15) is 5.10 Å². The van der Waals surface area contributed by atoms with Crippen LogP contribution in [-0.2, 0) is 7.05 Å². The molecule has 0 unspecified atom stereocenters. The summed E-state index contributed by atoms with van der Waals surface area (Å²) >= 11 is 0. The lowest BCUT2D eigenvalue weighted by atomic mass is 9.98. The highest BCUT2D eigenvalue weighted by Crippen LogP contribution is 2.39. The second-order valence-electron chi connectivity index (χ2n) is 4.75. The smallest absolute Gasteiger partial charge is 0.154 e. The summed E-state index contributed by atoms with van der Waals surface area (Å²) in [6, 6.07) is 0. The van der Waals surface area contributed by atoms with Gasteiger partial charge in [0, 0.05) is 18.9 Å². The molecule has 2 aliphatic rings. The number of hydrogen-bond donors (Lipinski definition) is 1. The number of nitrogens with zero attached hydrogens (tertiary/aromatic N) is 3. The zero-order chi connectivity index (χ0) is 10.3. The Hall–Kier alpha value is -0.900. The third-order valence-electron chi connectivity index (χ3n) is 3.46. The zero-order valence-electron chi connectivity index (χ0n) is 9.24. The molecule has 1 aliphatic heterocycles. The summed E-state index contributed by atoms with van der Waals surface area (Å²) in [5, 5.41) is 7.95. The molecule has 1 N–H and O–H groups in total. The van der Waals surface area contributed by atoms with Gasteiger partial charge in [-0.05, 0) is 38.8 Å². The first-order valence-electron chi connectivity index (χ1n) is 5.96. The van der Waals surface area contributed by atoms with Crippen LogP contribution in [0.2, 0.25) is 0 Å². The van der Waals surface area contributed by atoms with Crippen LogP contribution in [0.5, 0.6) is 0 Å². The van der Waals surface area contributed by atoms with E-state index in [0.29, 0.717) is 11.8 Å². The van der Waals surface area contributed by atoms with Crippen molar-refractivity contribution in [1.82, 2.24) is 20.1 Å². The molecule has 1 aliphatic carbocycles. The molecule has 1 aromatic rings. The van der Waals surface area contributed by atoms with E-state index in [1.807, 2.05) is 11.7 Å². The van der Waals surface area contributed by atoms with Crippen molar-refractivity contribution in [2.75, 3.05) is 13.1 Å². The molecular formula is C11H18N4. The van der Waals surface area contributed by atoms with Crippen molar-refractivity contribution in [1.29, 1.82) is 0 Å². The normalized spacial score (nSPS) is 23.3. The molecule has 0 radical (unpaired) electrons. The molecule has 1 aromatic heterocycles. The van der Waals surface area contributed by atoms with Crippen LogP contribution < -0.4 is 5.32 Å². The first-order valence-corrected chi connectivity index (χ1v) is 5.96. The number of hydrogen-bond acceptors (Lipinski definition) is 3. The van der Waals surface area contributed by atoms with Gasteiger partial charge in [0.05, 0.1) is 0 Å². The maximum absolute atomic E-state index is 4.72. The second kappa shape index (κ2) is 3.59. The summed E-state index contributed by atoms with van der Waals surface area (Å²) in [7, 11) is 2.03. The minimum atomic E-state index is 0.588. The third kappa shape index (κ3) is 1.78. The summed E-state index contributed by atoms with van der Waals surface area (Å²) in [5.74, 6) is 3.59. The van der Waals surface area contributed by atoms with Crippen molar-refractivity contribution in [2.24, 2.45) is 7.05 Å². The Bertz CT molecular complexity index is 347. The summed E-state index contributed by atoms with van der Waals surface area (Å²) in [6.45, 7) is 2.23. The lowest BCUT2D eigenvalue weighted by molar-refractivity contribution is 0.443. The van der Waals surface area contributed by atoms with Gasteiger partial charge in [-0.15, -0.1) is 0 Å². The average molecular weight is 206 g/mol. The number of rotatable bonds is 2. The van der Waals surface area contributed by atoms with Crippen molar-refractivity contribution >= 4 is 0 Å². The summed E-state index contributed by atoms with van der Waals surface area (Å²) in [4.78, 5) is 4.72. The largest absolute Gasteiger partial charge is 0.317 e. The Morgan fingerprint density at radius 2 is 1.87 bits per heavy atom. The maximum atomic E-state index is 4.72.